The van der Waals surface area contributed by atoms with E-state index in [4.69, 9.17) is 42.8 Å². The number of para-hydroxylation sites is 2. The highest BCUT2D eigenvalue weighted by molar-refractivity contribution is 8.26. The number of carbonyl (C=O) groups is 1. The van der Waals surface area contributed by atoms with Crippen LogP contribution >= 0.6 is 35.6 Å². The third kappa shape index (κ3) is 5.68. The van der Waals surface area contributed by atoms with Gasteiger partial charge in [0, 0.05) is 6.54 Å². The van der Waals surface area contributed by atoms with Gasteiger partial charge in [0.05, 0.1) is 23.6 Å². The summed E-state index contributed by atoms with van der Waals surface area (Å²) in [6.45, 7) is 5.29. The minimum absolute atomic E-state index is 0.106. The molecule has 32 heavy (non-hydrogen) atoms. The molecule has 0 aliphatic carbocycles. The lowest BCUT2D eigenvalue weighted by Gasteiger charge is -2.15. The number of methoxy groups -OCH3 is 1. The first-order valence-corrected chi connectivity index (χ1v) is 11.7. The summed E-state index contributed by atoms with van der Waals surface area (Å²) in [5.74, 6) is 2.10. The molecule has 1 aliphatic heterocycles. The normalized spacial score (nSPS) is 14.8. The molecule has 1 heterocycles. The molecule has 0 saturated carbocycles. The van der Waals surface area contributed by atoms with E-state index >= 15 is 0 Å². The number of thioether (sulfide) groups is 1. The molecule has 170 valence electrons. The lowest BCUT2D eigenvalue weighted by molar-refractivity contribution is -0.121. The Labute approximate surface area is 202 Å². The van der Waals surface area contributed by atoms with Crippen LogP contribution in [-0.4, -0.2) is 48.6 Å². The van der Waals surface area contributed by atoms with E-state index in [2.05, 4.69) is 0 Å². The number of likely N-dealkylation sites (N-methyl/N-ethyl adjacent to an activating group) is 1. The van der Waals surface area contributed by atoms with Crippen LogP contribution in [0, 0.1) is 0 Å². The minimum atomic E-state index is -0.106. The van der Waals surface area contributed by atoms with Gasteiger partial charge in [-0.3, -0.25) is 9.69 Å². The topological polar surface area (TPSA) is 57.2 Å². The van der Waals surface area contributed by atoms with Crippen LogP contribution in [0.15, 0.2) is 41.3 Å². The maximum absolute atomic E-state index is 12.5. The predicted octanol–water partition coefficient (Wildman–Crippen LogP) is 5.43. The van der Waals surface area contributed by atoms with Crippen LogP contribution in [0.1, 0.15) is 19.4 Å². The second kappa shape index (κ2) is 11.4. The molecular formula is C23H24ClNO5S2. The number of nitrogens with zero attached hydrogens (tertiary/aromatic N) is 1. The zero-order valence-electron chi connectivity index (χ0n) is 18.1. The molecule has 1 saturated heterocycles. The van der Waals surface area contributed by atoms with Crippen LogP contribution in [0.2, 0.25) is 5.02 Å². The lowest BCUT2D eigenvalue weighted by Crippen LogP contribution is -2.27. The summed E-state index contributed by atoms with van der Waals surface area (Å²) < 4.78 is 23.2. The Morgan fingerprint density at radius 2 is 1.78 bits per heavy atom. The van der Waals surface area contributed by atoms with Crippen molar-refractivity contribution in [3.8, 4) is 23.0 Å². The van der Waals surface area contributed by atoms with E-state index < -0.39 is 0 Å². The van der Waals surface area contributed by atoms with E-state index in [0.717, 1.165) is 5.56 Å². The Hall–Kier alpha value is -2.42. The van der Waals surface area contributed by atoms with Gasteiger partial charge >= 0.3 is 0 Å². The first-order chi connectivity index (χ1) is 15.5. The number of ether oxygens (including phenoxy) is 4. The molecule has 6 nitrogen and oxygen atoms in total. The van der Waals surface area contributed by atoms with Crippen LogP contribution < -0.4 is 18.9 Å². The molecule has 0 aromatic heterocycles. The van der Waals surface area contributed by atoms with Crippen molar-refractivity contribution in [1.29, 1.82) is 0 Å². The molecule has 1 aliphatic rings. The van der Waals surface area contributed by atoms with Gasteiger partial charge in [0.1, 0.15) is 17.5 Å². The molecule has 0 unspecified atom stereocenters. The Morgan fingerprint density at radius 1 is 1.06 bits per heavy atom. The fourth-order valence-corrected chi connectivity index (χ4v) is 4.69. The summed E-state index contributed by atoms with van der Waals surface area (Å²) in [6.07, 6.45) is 1.76. The number of rotatable bonds is 10. The van der Waals surface area contributed by atoms with E-state index in [1.54, 1.807) is 30.2 Å². The van der Waals surface area contributed by atoms with Crippen LogP contribution in [0.4, 0.5) is 0 Å². The summed E-state index contributed by atoms with van der Waals surface area (Å²) in [6, 6.07) is 10.9. The van der Waals surface area contributed by atoms with E-state index in [1.165, 1.54) is 11.8 Å². The molecule has 0 N–H and O–H groups in total. The highest BCUT2D eigenvalue weighted by atomic mass is 35.5. The average Bonchev–Trinajstić information content (AvgIpc) is 3.05. The Kier molecular flexibility index (Phi) is 8.67. The van der Waals surface area contributed by atoms with Crippen molar-refractivity contribution in [3.63, 3.8) is 0 Å². The predicted molar refractivity (Wildman–Crippen MR) is 132 cm³/mol. The quantitative estimate of drug-likeness (QED) is 0.248. The zero-order chi connectivity index (χ0) is 23.1. The molecule has 0 spiro atoms. The molecule has 1 amide bonds. The fraction of sp³-hybridized carbons (Fsp3) is 0.304. The van der Waals surface area contributed by atoms with Crippen molar-refractivity contribution in [2.75, 3.05) is 33.5 Å². The summed E-state index contributed by atoms with van der Waals surface area (Å²) in [5, 5.41) is 0.380. The third-order valence-electron chi connectivity index (χ3n) is 4.48. The second-order valence-corrected chi connectivity index (χ2v) is 8.62. The van der Waals surface area contributed by atoms with Gasteiger partial charge in [-0.15, -0.1) is 0 Å². The van der Waals surface area contributed by atoms with E-state index in [1.807, 2.05) is 38.1 Å². The van der Waals surface area contributed by atoms with Crippen molar-refractivity contribution in [1.82, 2.24) is 4.90 Å². The second-order valence-electron chi connectivity index (χ2n) is 6.54. The van der Waals surface area contributed by atoms with Crippen molar-refractivity contribution >= 4 is 51.9 Å². The van der Waals surface area contributed by atoms with Gasteiger partial charge in [-0.1, -0.05) is 47.7 Å². The largest absolute Gasteiger partial charge is 0.493 e. The monoisotopic (exact) mass is 493 g/mol. The van der Waals surface area contributed by atoms with Gasteiger partial charge in [-0.25, -0.2) is 0 Å². The first-order valence-electron chi connectivity index (χ1n) is 10.1. The molecule has 9 heteroatoms. The van der Waals surface area contributed by atoms with E-state index in [0.29, 0.717) is 57.0 Å². The summed E-state index contributed by atoms with van der Waals surface area (Å²) in [4.78, 5) is 14.6. The Bertz CT molecular complexity index is 1030. The lowest BCUT2D eigenvalue weighted by atomic mass is 10.1. The summed E-state index contributed by atoms with van der Waals surface area (Å²) >= 11 is 13.0. The molecule has 3 rings (SSSR count). The first kappa shape index (κ1) is 24.2. The number of carbonyl (C=O) groups excluding carboxylic acids is 1. The fourth-order valence-electron chi connectivity index (χ4n) is 3.03. The van der Waals surface area contributed by atoms with Crippen molar-refractivity contribution in [2.45, 2.75) is 13.8 Å². The summed E-state index contributed by atoms with van der Waals surface area (Å²) in [5.41, 5.74) is 0.729. The number of hydrogen-bond donors (Lipinski definition) is 0. The number of hydrogen-bond acceptors (Lipinski definition) is 7. The Balaban J connectivity index is 1.72. The Morgan fingerprint density at radius 3 is 2.44 bits per heavy atom. The molecular weight excluding hydrogens is 470 g/mol. The SMILES string of the molecule is CCOc1cc(C=C2SC(=S)N(CC)C2=O)cc(Cl)c1OCCOc1ccccc1OC. The standard InChI is InChI=1S/C23H24ClNO5S2/c1-4-25-22(26)20(32-23(25)31)14-15-12-16(24)21(19(13-15)28-5-2)30-11-10-29-18-9-7-6-8-17(18)27-3/h6-9,12-14H,4-5,10-11H2,1-3H3. The maximum Gasteiger partial charge on any atom is 0.266 e. The van der Waals surface area contributed by atoms with Gasteiger partial charge < -0.3 is 18.9 Å². The van der Waals surface area contributed by atoms with Gasteiger partial charge in [0.25, 0.3) is 5.91 Å². The van der Waals surface area contributed by atoms with Crippen molar-refractivity contribution in [3.05, 3.63) is 51.9 Å². The van der Waals surface area contributed by atoms with Crippen LogP contribution in [-0.2, 0) is 4.79 Å². The van der Waals surface area contributed by atoms with Gasteiger partial charge in [0.15, 0.2) is 23.0 Å². The molecule has 0 radical (unpaired) electrons. The molecule has 0 bridgehead atoms. The summed E-state index contributed by atoms with van der Waals surface area (Å²) in [7, 11) is 1.59. The zero-order valence-corrected chi connectivity index (χ0v) is 20.4. The molecule has 2 aromatic rings. The number of halogens is 1. The van der Waals surface area contributed by atoms with Crippen LogP contribution in [0.25, 0.3) is 6.08 Å². The van der Waals surface area contributed by atoms with E-state index in [9.17, 15) is 4.79 Å². The van der Waals surface area contributed by atoms with Crippen LogP contribution in [0.3, 0.4) is 0 Å². The molecule has 0 atom stereocenters. The minimum Gasteiger partial charge on any atom is -0.493 e. The smallest absolute Gasteiger partial charge is 0.266 e. The van der Waals surface area contributed by atoms with Gasteiger partial charge in [-0.2, -0.15) is 0 Å². The van der Waals surface area contributed by atoms with Gasteiger partial charge in [0.2, 0.25) is 0 Å². The highest BCUT2D eigenvalue weighted by Gasteiger charge is 2.30. The van der Waals surface area contributed by atoms with Crippen molar-refractivity contribution in [2.24, 2.45) is 0 Å². The molecule has 1 fully saturated rings. The average molecular weight is 494 g/mol. The van der Waals surface area contributed by atoms with E-state index in [-0.39, 0.29) is 12.5 Å². The highest BCUT2D eigenvalue weighted by Crippen LogP contribution is 2.39. The number of amides is 1. The number of thiocarbonyl (C=S) groups is 1. The van der Waals surface area contributed by atoms with Crippen LogP contribution in [0.5, 0.6) is 23.0 Å². The third-order valence-corrected chi connectivity index (χ3v) is 6.13. The van der Waals surface area contributed by atoms with Gasteiger partial charge in [-0.05, 0) is 49.8 Å². The molecule has 2 aromatic carbocycles. The maximum atomic E-state index is 12.5. The number of benzene rings is 2. The van der Waals surface area contributed by atoms with Crippen molar-refractivity contribution < 1.29 is 23.7 Å².